The maximum Gasteiger partial charge on any atom is 0.223 e. The van der Waals surface area contributed by atoms with Crippen LogP contribution in [0.5, 0.6) is 0 Å². The largest absolute Gasteiger partial charge is 0.353 e. The maximum absolute atomic E-state index is 13.4. The van der Waals surface area contributed by atoms with Crippen molar-refractivity contribution >= 4 is 11.7 Å². The molecule has 0 bridgehead atoms. The molecule has 2 unspecified atom stereocenters. The van der Waals surface area contributed by atoms with Crippen LogP contribution >= 0.6 is 0 Å². The number of rotatable bonds is 21. The van der Waals surface area contributed by atoms with Gasteiger partial charge in [0, 0.05) is 24.3 Å². The van der Waals surface area contributed by atoms with E-state index in [0.29, 0.717) is 18.1 Å². The van der Waals surface area contributed by atoms with Crippen LogP contribution in [0.25, 0.3) is 0 Å². The molecule has 0 spiro atoms. The highest BCUT2D eigenvalue weighted by Crippen LogP contribution is 2.31. The predicted octanol–water partition coefficient (Wildman–Crippen LogP) is 9.17. The molecular weight excluding hydrogens is 418 g/mol. The third-order valence-corrected chi connectivity index (χ3v) is 8.15. The molecule has 34 heavy (non-hydrogen) atoms. The normalized spacial score (nSPS) is 20.1. The summed E-state index contributed by atoms with van der Waals surface area (Å²) in [5.41, 5.74) is 0. The second-order valence-electron chi connectivity index (χ2n) is 11.2. The smallest absolute Gasteiger partial charge is 0.223 e. The van der Waals surface area contributed by atoms with E-state index >= 15 is 0 Å². The number of nitrogens with one attached hydrogen (secondary N) is 1. The number of amides is 1. The minimum absolute atomic E-state index is 0.158. The number of hydrogen-bond acceptors (Lipinski definition) is 2. The van der Waals surface area contributed by atoms with Crippen LogP contribution in [0.1, 0.15) is 163 Å². The van der Waals surface area contributed by atoms with Crippen molar-refractivity contribution in [3.63, 3.8) is 0 Å². The van der Waals surface area contributed by atoms with E-state index in [4.69, 9.17) is 0 Å². The van der Waals surface area contributed by atoms with Crippen molar-refractivity contribution in [2.75, 3.05) is 0 Å². The molecule has 4 atom stereocenters. The summed E-state index contributed by atoms with van der Waals surface area (Å²) in [6.07, 6.45) is 23.9. The summed E-state index contributed by atoms with van der Waals surface area (Å²) in [7, 11) is 0. The van der Waals surface area contributed by atoms with E-state index in [1.165, 1.54) is 64.2 Å². The Kier molecular flexibility index (Phi) is 18.7. The zero-order valence-corrected chi connectivity index (χ0v) is 23.5. The average Bonchev–Trinajstić information content (AvgIpc) is 2.84. The summed E-state index contributed by atoms with van der Waals surface area (Å²) < 4.78 is 0. The van der Waals surface area contributed by atoms with Gasteiger partial charge >= 0.3 is 0 Å². The molecule has 3 heteroatoms. The standard InChI is InChI=1S/C31H59NO2/c1-5-9-13-15-21-26(19-11-7-3)30(33)25-28-23-17-18-24-29(28)32-31(34)27(20-12-8-4)22-16-14-10-6-2/h26-29H,5-25H2,1-4H3,(H,32,34)/t26?,27?,28-,29-/m0/s1. The van der Waals surface area contributed by atoms with E-state index in [1.807, 2.05) is 0 Å². The Morgan fingerprint density at radius 1 is 0.647 bits per heavy atom. The molecule has 0 aliphatic heterocycles. The van der Waals surface area contributed by atoms with Crippen LogP contribution in [-0.4, -0.2) is 17.7 Å². The summed E-state index contributed by atoms with van der Waals surface area (Å²) in [4.78, 5) is 26.7. The first kappa shape index (κ1) is 31.2. The monoisotopic (exact) mass is 477 g/mol. The quantitative estimate of drug-likeness (QED) is 0.167. The van der Waals surface area contributed by atoms with E-state index in [1.54, 1.807) is 0 Å². The van der Waals surface area contributed by atoms with Gasteiger partial charge in [-0.15, -0.1) is 0 Å². The number of carbonyl (C=O) groups excluding carboxylic acids is 2. The highest BCUT2D eigenvalue weighted by atomic mass is 16.2. The molecule has 0 aromatic carbocycles. The Morgan fingerprint density at radius 3 is 1.74 bits per heavy atom. The highest BCUT2D eigenvalue weighted by molar-refractivity contribution is 5.82. The van der Waals surface area contributed by atoms with Gasteiger partial charge < -0.3 is 5.32 Å². The molecule has 1 aliphatic rings. The number of carbonyl (C=O) groups is 2. The van der Waals surface area contributed by atoms with E-state index < -0.39 is 0 Å². The van der Waals surface area contributed by atoms with Gasteiger partial charge in [0.05, 0.1) is 0 Å². The van der Waals surface area contributed by atoms with E-state index in [9.17, 15) is 9.59 Å². The van der Waals surface area contributed by atoms with Crippen molar-refractivity contribution < 1.29 is 9.59 Å². The molecule has 0 aromatic heterocycles. The number of hydrogen-bond donors (Lipinski definition) is 1. The summed E-state index contributed by atoms with van der Waals surface area (Å²) in [5, 5.41) is 3.48. The van der Waals surface area contributed by atoms with Gasteiger partial charge in [-0.2, -0.15) is 0 Å². The SMILES string of the molecule is CCCCCCC(CCCC)C(=O)C[C@@H]1CCCC[C@@H]1NC(=O)C(CCCC)CCCCCC. The van der Waals surface area contributed by atoms with Crippen LogP contribution < -0.4 is 5.32 Å². The first-order valence-corrected chi connectivity index (χ1v) is 15.4. The van der Waals surface area contributed by atoms with Crippen molar-refractivity contribution in [1.29, 1.82) is 0 Å². The van der Waals surface area contributed by atoms with E-state index in [-0.39, 0.29) is 23.8 Å². The molecule has 3 nitrogen and oxygen atoms in total. The van der Waals surface area contributed by atoms with Gasteiger partial charge in [0.25, 0.3) is 0 Å². The van der Waals surface area contributed by atoms with Crippen molar-refractivity contribution in [3.8, 4) is 0 Å². The zero-order chi connectivity index (χ0) is 25.0. The molecule has 1 amide bonds. The predicted molar refractivity (Wildman–Crippen MR) is 147 cm³/mol. The van der Waals surface area contributed by atoms with Crippen LogP contribution in [-0.2, 0) is 9.59 Å². The fourth-order valence-electron chi connectivity index (χ4n) is 5.78. The fourth-order valence-corrected chi connectivity index (χ4v) is 5.78. The molecule has 1 aliphatic carbocycles. The maximum atomic E-state index is 13.4. The van der Waals surface area contributed by atoms with Crippen molar-refractivity contribution in [2.24, 2.45) is 17.8 Å². The first-order valence-electron chi connectivity index (χ1n) is 15.4. The molecule has 1 rings (SSSR count). The Morgan fingerprint density at radius 2 is 1.15 bits per heavy atom. The third-order valence-electron chi connectivity index (χ3n) is 8.15. The highest BCUT2D eigenvalue weighted by Gasteiger charge is 2.31. The molecule has 1 fully saturated rings. The lowest BCUT2D eigenvalue weighted by Crippen LogP contribution is -2.45. The lowest BCUT2D eigenvalue weighted by Gasteiger charge is -2.34. The second kappa shape index (κ2) is 20.3. The molecule has 200 valence electrons. The number of unbranched alkanes of at least 4 members (excludes halogenated alkanes) is 8. The van der Waals surface area contributed by atoms with E-state index in [0.717, 1.165) is 64.2 Å². The molecule has 1 N–H and O–H groups in total. The summed E-state index contributed by atoms with van der Waals surface area (Å²) >= 11 is 0. The van der Waals surface area contributed by atoms with E-state index in [2.05, 4.69) is 33.0 Å². The molecular formula is C31H59NO2. The van der Waals surface area contributed by atoms with Gasteiger partial charge in [0.2, 0.25) is 5.91 Å². The molecule has 0 radical (unpaired) electrons. The molecule has 0 aromatic rings. The minimum atomic E-state index is 0.158. The Hall–Kier alpha value is -0.860. The Labute approximate surface area is 213 Å². The number of Topliss-reactive ketones (excluding diaryl/α,β-unsaturated/α-hetero) is 1. The topological polar surface area (TPSA) is 46.2 Å². The lowest BCUT2D eigenvalue weighted by molar-refractivity contribution is -0.129. The second-order valence-corrected chi connectivity index (χ2v) is 11.2. The lowest BCUT2D eigenvalue weighted by atomic mass is 9.78. The third kappa shape index (κ3) is 13.3. The summed E-state index contributed by atoms with van der Waals surface area (Å²) in [5.74, 6) is 1.50. The van der Waals surface area contributed by atoms with Crippen molar-refractivity contribution in [1.82, 2.24) is 5.32 Å². The zero-order valence-electron chi connectivity index (χ0n) is 23.5. The van der Waals surface area contributed by atoms with Crippen molar-refractivity contribution in [2.45, 2.75) is 169 Å². The first-order chi connectivity index (χ1) is 16.6. The van der Waals surface area contributed by atoms with Crippen molar-refractivity contribution in [3.05, 3.63) is 0 Å². The van der Waals surface area contributed by atoms with Gasteiger partial charge in [-0.3, -0.25) is 9.59 Å². The molecule has 1 saturated carbocycles. The van der Waals surface area contributed by atoms with Crippen LogP contribution in [0, 0.1) is 17.8 Å². The summed E-state index contributed by atoms with van der Waals surface area (Å²) in [6.45, 7) is 8.92. The van der Waals surface area contributed by atoms with Gasteiger partial charge in [-0.25, -0.2) is 0 Å². The van der Waals surface area contributed by atoms with Gasteiger partial charge in [-0.05, 0) is 44.4 Å². The molecule has 0 heterocycles. The van der Waals surface area contributed by atoms with Gasteiger partial charge in [0.15, 0.2) is 0 Å². The van der Waals surface area contributed by atoms with Gasteiger partial charge in [0.1, 0.15) is 5.78 Å². The average molecular weight is 478 g/mol. The van der Waals surface area contributed by atoms with Gasteiger partial charge in [-0.1, -0.05) is 118 Å². The van der Waals surface area contributed by atoms with Crippen LogP contribution in [0.3, 0.4) is 0 Å². The number of ketones is 1. The van der Waals surface area contributed by atoms with Crippen LogP contribution in [0.2, 0.25) is 0 Å². The Bertz CT molecular complexity index is 472. The fraction of sp³-hybridized carbons (Fsp3) is 0.935. The van der Waals surface area contributed by atoms with Crippen LogP contribution in [0.4, 0.5) is 0 Å². The Balaban J connectivity index is 2.69. The molecule has 0 saturated heterocycles. The minimum Gasteiger partial charge on any atom is -0.353 e. The van der Waals surface area contributed by atoms with Crippen LogP contribution in [0.15, 0.2) is 0 Å². The summed E-state index contributed by atoms with van der Waals surface area (Å²) in [6, 6.07) is 0.205.